The lowest BCUT2D eigenvalue weighted by Crippen LogP contribution is -2.28. The van der Waals surface area contributed by atoms with Crippen LogP contribution in [0.15, 0.2) is 24.3 Å². The third-order valence-corrected chi connectivity index (χ3v) is 4.13. The van der Waals surface area contributed by atoms with E-state index in [1.54, 1.807) is 24.1 Å². The number of halogens is 1. The van der Waals surface area contributed by atoms with E-state index in [1.807, 2.05) is 13.8 Å². The normalized spacial score (nSPS) is 11.0. The smallest absolute Gasteiger partial charge is 0.254 e. The first-order valence-electron chi connectivity index (χ1n) is 7.82. The molecule has 1 amide bonds. The van der Waals surface area contributed by atoms with Crippen molar-refractivity contribution < 1.29 is 9.18 Å². The Bertz CT molecular complexity index is 952. The van der Waals surface area contributed by atoms with Crippen LogP contribution in [0, 0.1) is 19.7 Å². The van der Waals surface area contributed by atoms with Gasteiger partial charge in [0.25, 0.3) is 5.78 Å². The highest BCUT2D eigenvalue weighted by Crippen LogP contribution is 2.16. The topological polar surface area (TPSA) is 89.4 Å². The number of fused-ring (bicyclic) bond motifs is 1. The first-order chi connectivity index (χ1) is 11.8. The van der Waals surface area contributed by atoms with Crippen LogP contribution in [0.4, 0.5) is 10.3 Å². The van der Waals surface area contributed by atoms with Crippen LogP contribution < -0.4 is 5.73 Å². The minimum Gasteiger partial charge on any atom is -0.366 e. The molecule has 0 saturated carbocycles. The highest BCUT2D eigenvalue weighted by molar-refractivity contribution is 5.79. The van der Waals surface area contributed by atoms with Crippen molar-refractivity contribution in [1.29, 1.82) is 0 Å². The first kappa shape index (κ1) is 16.8. The molecule has 0 bridgehead atoms. The Morgan fingerprint density at radius 1 is 1.32 bits per heavy atom. The van der Waals surface area contributed by atoms with Gasteiger partial charge in [0.05, 0.1) is 6.42 Å². The number of nitrogens with zero attached hydrogens (tertiary/aromatic N) is 5. The van der Waals surface area contributed by atoms with E-state index in [1.165, 1.54) is 16.6 Å². The number of likely N-dealkylation sites (N-methyl/N-ethyl adjacent to an activating group) is 1. The van der Waals surface area contributed by atoms with Gasteiger partial charge in [-0.2, -0.15) is 9.50 Å². The van der Waals surface area contributed by atoms with Gasteiger partial charge in [0, 0.05) is 30.5 Å². The summed E-state index contributed by atoms with van der Waals surface area (Å²) in [5, 5.41) is 4.10. The molecule has 0 spiro atoms. The molecule has 0 atom stereocenters. The SMILES string of the molecule is Cc1nc2nc(N)nn2c(C)c1CC(=O)N(C)Cc1cccc(F)c1. The Labute approximate surface area is 144 Å². The molecule has 0 saturated heterocycles. The van der Waals surface area contributed by atoms with Crippen LogP contribution in [0.2, 0.25) is 0 Å². The number of anilines is 1. The fraction of sp³-hybridized carbons (Fsp3) is 0.294. The Kier molecular flexibility index (Phi) is 4.35. The van der Waals surface area contributed by atoms with Crippen molar-refractivity contribution in [3.63, 3.8) is 0 Å². The van der Waals surface area contributed by atoms with Crippen molar-refractivity contribution in [2.75, 3.05) is 12.8 Å². The zero-order valence-electron chi connectivity index (χ0n) is 14.3. The Morgan fingerprint density at radius 3 is 2.80 bits per heavy atom. The third kappa shape index (κ3) is 3.42. The van der Waals surface area contributed by atoms with Gasteiger partial charge in [-0.1, -0.05) is 12.1 Å². The maximum Gasteiger partial charge on any atom is 0.254 e. The fourth-order valence-corrected chi connectivity index (χ4v) is 2.76. The molecular formula is C17H19FN6O. The molecule has 130 valence electrons. The Balaban J connectivity index is 1.81. The summed E-state index contributed by atoms with van der Waals surface area (Å²) in [6.45, 7) is 4.01. The largest absolute Gasteiger partial charge is 0.366 e. The maximum absolute atomic E-state index is 13.3. The monoisotopic (exact) mass is 342 g/mol. The van der Waals surface area contributed by atoms with Gasteiger partial charge in [-0.15, -0.1) is 5.10 Å². The van der Waals surface area contributed by atoms with Crippen molar-refractivity contribution >= 4 is 17.6 Å². The second kappa shape index (κ2) is 6.46. The summed E-state index contributed by atoms with van der Waals surface area (Å²) in [5.74, 6) is 0.145. The fourth-order valence-electron chi connectivity index (χ4n) is 2.76. The van der Waals surface area contributed by atoms with Gasteiger partial charge in [-0.25, -0.2) is 9.37 Å². The lowest BCUT2D eigenvalue weighted by molar-refractivity contribution is -0.129. The molecule has 8 heteroatoms. The molecular weight excluding hydrogens is 323 g/mol. The number of hydrogen-bond donors (Lipinski definition) is 1. The lowest BCUT2D eigenvalue weighted by Gasteiger charge is -2.18. The molecule has 2 aromatic heterocycles. The summed E-state index contributed by atoms with van der Waals surface area (Å²) in [6, 6.07) is 6.22. The van der Waals surface area contributed by atoms with Gasteiger partial charge < -0.3 is 10.6 Å². The van der Waals surface area contributed by atoms with Gasteiger partial charge in [0.2, 0.25) is 11.9 Å². The molecule has 2 heterocycles. The van der Waals surface area contributed by atoms with Crippen molar-refractivity contribution in [3.8, 4) is 0 Å². The van der Waals surface area contributed by atoms with E-state index in [0.29, 0.717) is 18.0 Å². The summed E-state index contributed by atoms with van der Waals surface area (Å²) in [5.41, 5.74) is 8.63. The van der Waals surface area contributed by atoms with Gasteiger partial charge >= 0.3 is 0 Å². The van der Waals surface area contributed by atoms with Gasteiger partial charge in [0.1, 0.15) is 5.82 Å². The summed E-state index contributed by atoms with van der Waals surface area (Å²) >= 11 is 0. The standard InChI is InChI=1S/C17H19FN6O/c1-10-14(11(2)24-17(20-10)21-16(19)22-24)8-15(25)23(3)9-12-5-4-6-13(18)7-12/h4-7H,8-9H2,1-3H3,(H2,19,22). The zero-order valence-corrected chi connectivity index (χ0v) is 14.3. The van der Waals surface area contributed by atoms with E-state index >= 15 is 0 Å². The number of hydrogen-bond acceptors (Lipinski definition) is 5. The number of nitrogen functional groups attached to an aromatic ring is 1. The number of benzene rings is 1. The van der Waals surface area contributed by atoms with Crippen molar-refractivity contribution in [2.24, 2.45) is 0 Å². The molecule has 2 N–H and O–H groups in total. The lowest BCUT2D eigenvalue weighted by atomic mass is 10.1. The van der Waals surface area contributed by atoms with Crippen molar-refractivity contribution in [1.82, 2.24) is 24.5 Å². The second-order valence-corrected chi connectivity index (χ2v) is 6.00. The molecule has 0 unspecified atom stereocenters. The molecule has 0 aliphatic carbocycles. The zero-order chi connectivity index (χ0) is 18.1. The number of nitrogens with two attached hydrogens (primary N) is 1. The molecule has 0 radical (unpaired) electrons. The molecule has 3 aromatic rings. The number of carbonyl (C=O) groups is 1. The molecule has 0 aliphatic rings. The van der Waals surface area contributed by atoms with E-state index < -0.39 is 0 Å². The minimum absolute atomic E-state index is 0.0929. The highest BCUT2D eigenvalue weighted by atomic mass is 19.1. The van der Waals surface area contributed by atoms with Crippen molar-refractivity contribution in [3.05, 3.63) is 52.6 Å². The quantitative estimate of drug-likeness (QED) is 0.779. The molecule has 1 aromatic carbocycles. The molecule has 3 rings (SSSR count). The van der Waals surface area contributed by atoms with E-state index in [9.17, 15) is 9.18 Å². The summed E-state index contributed by atoms with van der Waals surface area (Å²) in [7, 11) is 1.69. The Hall–Kier alpha value is -3.03. The first-order valence-corrected chi connectivity index (χ1v) is 7.82. The van der Waals surface area contributed by atoms with Gasteiger partial charge in [-0.3, -0.25) is 4.79 Å². The van der Waals surface area contributed by atoms with Crippen LogP contribution in [0.3, 0.4) is 0 Å². The predicted molar refractivity (Wildman–Crippen MR) is 91.2 cm³/mol. The van der Waals surface area contributed by atoms with Crippen LogP contribution in [0.25, 0.3) is 5.78 Å². The van der Waals surface area contributed by atoms with E-state index in [0.717, 1.165) is 16.8 Å². The van der Waals surface area contributed by atoms with Gasteiger partial charge in [0.15, 0.2) is 0 Å². The molecule has 7 nitrogen and oxygen atoms in total. The van der Waals surface area contributed by atoms with Gasteiger partial charge in [-0.05, 0) is 31.5 Å². The maximum atomic E-state index is 13.3. The predicted octanol–water partition coefficient (Wildman–Crippen LogP) is 1.66. The van der Waals surface area contributed by atoms with Crippen LogP contribution in [0.1, 0.15) is 22.5 Å². The van der Waals surface area contributed by atoms with Crippen LogP contribution in [0.5, 0.6) is 0 Å². The number of aryl methyl sites for hydroxylation is 2. The number of carbonyl (C=O) groups excluding carboxylic acids is 1. The van der Waals surface area contributed by atoms with Crippen LogP contribution in [-0.2, 0) is 17.8 Å². The average Bonchev–Trinajstić information content (AvgIpc) is 2.91. The summed E-state index contributed by atoms with van der Waals surface area (Å²) < 4.78 is 14.8. The van der Waals surface area contributed by atoms with E-state index in [2.05, 4.69) is 15.1 Å². The summed E-state index contributed by atoms with van der Waals surface area (Å²) in [4.78, 5) is 22.5. The average molecular weight is 342 g/mol. The molecule has 0 fully saturated rings. The second-order valence-electron chi connectivity index (χ2n) is 6.00. The van der Waals surface area contributed by atoms with Crippen molar-refractivity contribution in [2.45, 2.75) is 26.8 Å². The number of amides is 1. The molecule has 25 heavy (non-hydrogen) atoms. The third-order valence-electron chi connectivity index (χ3n) is 4.13. The number of rotatable bonds is 4. The highest BCUT2D eigenvalue weighted by Gasteiger charge is 2.18. The summed E-state index contributed by atoms with van der Waals surface area (Å²) in [6.07, 6.45) is 0.173. The number of aromatic nitrogens is 4. The van der Waals surface area contributed by atoms with Crippen LogP contribution in [-0.4, -0.2) is 37.4 Å². The minimum atomic E-state index is -0.316. The van der Waals surface area contributed by atoms with E-state index in [-0.39, 0.29) is 24.1 Å². The Morgan fingerprint density at radius 2 is 2.08 bits per heavy atom. The van der Waals surface area contributed by atoms with Crippen LogP contribution >= 0.6 is 0 Å². The molecule has 0 aliphatic heterocycles. The van der Waals surface area contributed by atoms with E-state index in [4.69, 9.17) is 5.73 Å².